The van der Waals surface area contributed by atoms with Crippen LogP contribution in [0.4, 0.5) is 4.79 Å². The van der Waals surface area contributed by atoms with Crippen LogP contribution in [-0.2, 0) is 9.63 Å². The second-order valence-corrected chi connectivity index (χ2v) is 12.3. The molecule has 5 rings (SSSR count). The van der Waals surface area contributed by atoms with Gasteiger partial charge in [-0.05, 0) is 106 Å². The molecule has 0 bridgehead atoms. The Bertz CT molecular complexity index is 876. The molecule has 4 fully saturated rings. The molecule has 3 saturated carbocycles. The van der Waals surface area contributed by atoms with Crippen LogP contribution in [0.25, 0.3) is 0 Å². The quantitative estimate of drug-likeness (QED) is 0.329. The van der Waals surface area contributed by atoms with Crippen LogP contribution in [-0.4, -0.2) is 36.7 Å². The fourth-order valence-electron chi connectivity index (χ4n) is 8.76. The summed E-state index contributed by atoms with van der Waals surface area (Å²) in [5, 5.41) is 10.6. The van der Waals surface area contributed by atoms with Gasteiger partial charge in [0.25, 0.3) is 0 Å². The zero-order valence-electron chi connectivity index (χ0n) is 21.3. The first-order chi connectivity index (χ1) is 16.3. The van der Waals surface area contributed by atoms with Crippen molar-refractivity contribution in [3.63, 3.8) is 0 Å². The van der Waals surface area contributed by atoms with Crippen molar-refractivity contribution in [1.29, 1.82) is 0 Å². The summed E-state index contributed by atoms with van der Waals surface area (Å²) in [5.41, 5.74) is 2.85. The number of rotatable bonds is 4. The van der Waals surface area contributed by atoms with Gasteiger partial charge in [0.05, 0.1) is 5.71 Å². The Kier molecular flexibility index (Phi) is 6.64. The summed E-state index contributed by atoms with van der Waals surface area (Å²) < 4.78 is 0. The van der Waals surface area contributed by atoms with Gasteiger partial charge < -0.3 is 10.6 Å². The summed E-state index contributed by atoms with van der Waals surface area (Å²) in [6, 6.07) is 0.339. The lowest BCUT2D eigenvalue weighted by atomic mass is 9.46. The Labute approximate surface area is 204 Å². The maximum atomic E-state index is 12.3. The lowest BCUT2D eigenvalue weighted by Crippen LogP contribution is -2.51. The normalized spacial score (nSPS) is 42.2. The number of hydrogen-bond acceptors (Lipinski definition) is 5. The van der Waals surface area contributed by atoms with E-state index in [2.05, 4.69) is 36.6 Å². The maximum absolute atomic E-state index is 12.3. The van der Waals surface area contributed by atoms with E-state index >= 15 is 0 Å². The Morgan fingerprint density at radius 3 is 2.76 bits per heavy atom. The smallest absolute Gasteiger partial charge is 0.318 e. The van der Waals surface area contributed by atoms with Crippen LogP contribution in [0.5, 0.6) is 0 Å². The van der Waals surface area contributed by atoms with Crippen LogP contribution in [0, 0.1) is 34.5 Å². The minimum Gasteiger partial charge on any atom is -0.318 e. The molecule has 7 atom stereocenters. The zero-order valence-corrected chi connectivity index (χ0v) is 21.3. The van der Waals surface area contributed by atoms with Gasteiger partial charge in [0, 0.05) is 24.9 Å². The zero-order chi connectivity index (χ0) is 23.9. The lowest BCUT2D eigenvalue weighted by molar-refractivity contribution is -0.117. The van der Waals surface area contributed by atoms with Crippen molar-refractivity contribution < 1.29 is 14.4 Å². The highest BCUT2D eigenvalue weighted by Gasteiger charge is 2.59. The number of nitrogens with one attached hydrogen (secondary N) is 2. The summed E-state index contributed by atoms with van der Waals surface area (Å²) in [6.45, 7) is 8.59. The van der Waals surface area contributed by atoms with E-state index in [-0.39, 0.29) is 10.8 Å². The van der Waals surface area contributed by atoms with Crippen LogP contribution >= 0.6 is 0 Å². The molecule has 4 aliphatic carbocycles. The first kappa shape index (κ1) is 24.0. The molecule has 34 heavy (non-hydrogen) atoms. The molecule has 0 aromatic heterocycles. The van der Waals surface area contributed by atoms with E-state index in [0.29, 0.717) is 36.1 Å². The fourth-order valence-corrected chi connectivity index (χ4v) is 8.76. The minimum atomic E-state index is -0.443. The number of piperidine rings is 1. The largest absolute Gasteiger partial charge is 0.433 e. The fraction of sp³-hybridized carbons (Fsp3) is 0.821. The van der Waals surface area contributed by atoms with Gasteiger partial charge in [-0.3, -0.25) is 9.63 Å². The number of amides is 1. The molecule has 0 radical (unpaired) electrons. The molecule has 5 aliphatic rings. The summed E-state index contributed by atoms with van der Waals surface area (Å²) in [4.78, 5) is 29.6. The van der Waals surface area contributed by atoms with E-state index in [1.165, 1.54) is 44.1 Å². The third kappa shape index (κ3) is 4.25. The SMILES string of the molecule is C/C(=N\OC(=O)NCC1CCCCN1)[C@H]1CC[C@H]2[C@@H]3CCC4=CC(=O)CC[C@]4(C)[C@H]3CC[C@]12C. The third-order valence-corrected chi connectivity index (χ3v) is 10.6. The number of allylic oxidation sites excluding steroid dienone is 1. The highest BCUT2D eigenvalue weighted by Crippen LogP contribution is 2.66. The maximum Gasteiger partial charge on any atom is 0.433 e. The molecule has 0 spiro atoms. The molecule has 0 aromatic carbocycles. The van der Waals surface area contributed by atoms with E-state index in [0.717, 1.165) is 50.3 Å². The van der Waals surface area contributed by atoms with Gasteiger partial charge in [0.2, 0.25) is 0 Å². The van der Waals surface area contributed by atoms with Crippen molar-refractivity contribution in [2.24, 2.45) is 39.7 Å². The van der Waals surface area contributed by atoms with E-state index in [1.54, 1.807) is 0 Å². The van der Waals surface area contributed by atoms with Crippen LogP contribution in [0.3, 0.4) is 0 Å². The first-order valence-electron chi connectivity index (χ1n) is 13.8. The molecule has 6 nitrogen and oxygen atoms in total. The highest BCUT2D eigenvalue weighted by molar-refractivity contribution is 5.91. The second kappa shape index (κ2) is 9.40. The average Bonchev–Trinajstić information content (AvgIpc) is 3.19. The first-order valence-corrected chi connectivity index (χ1v) is 13.8. The number of nitrogens with zero attached hydrogens (tertiary/aromatic N) is 1. The molecule has 1 heterocycles. The molecule has 1 aliphatic heterocycles. The van der Waals surface area contributed by atoms with Gasteiger partial charge >= 0.3 is 6.09 Å². The highest BCUT2D eigenvalue weighted by atomic mass is 16.7. The Morgan fingerprint density at radius 2 is 1.97 bits per heavy atom. The molecule has 1 saturated heterocycles. The number of carbonyl (C=O) groups is 2. The summed E-state index contributed by atoms with van der Waals surface area (Å²) in [6.07, 6.45) is 13.9. The molecule has 0 aromatic rings. The van der Waals surface area contributed by atoms with Gasteiger partial charge in [-0.15, -0.1) is 0 Å². The standard InChI is InChI=1S/C28H43N3O3/c1-18(31-34-26(33)30-17-20-6-4-5-15-29-20)23-9-10-24-22-8-7-19-16-21(32)11-13-27(19,2)25(22)12-14-28(23,24)3/h16,20,22-25,29H,4-15,17H2,1-3H3,(H,30,33)/b31-18+/t20?,22-,23+,24-,25-,27-,28+/m0/s1. The summed E-state index contributed by atoms with van der Waals surface area (Å²) >= 11 is 0. The van der Waals surface area contributed by atoms with Gasteiger partial charge in [0.15, 0.2) is 5.78 Å². The molecule has 6 heteroatoms. The molecule has 1 amide bonds. The van der Waals surface area contributed by atoms with Crippen LogP contribution in [0.15, 0.2) is 16.8 Å². The van der Waals surface area contributed by atoms with Crippen LogP contribution in [0.1, 0.15) is 91.4 Å². The molecule has 2 N–H and O–H groups in total. The van der Waals surface area contributed by atoms with Gasteiger partial charge in [0.1, 0.15) is 0 Å². The van der Waals surface area contributed by atoms with E-state index in [9.17, 15) is 9.59 Å². The summed E-state index contributed by atoms with van der Waals surface area (Å²) in [7, 11) is 0. The topological polar surface area (TPSA) is 79.8 Å². The van der Waals surface area contributed by atoms with Gasteiger partial charge in [-0.1, -0.05) is 31.0 Å². The van der Waals surface area contributed by atoms with Crippen molar-refractivity contribution >= 4 is 17.6 Å². The van der Waals surface area contributed by atoms with Crippen molar-refractivity contribution in [2.75, 3.05) is 13.1 Å². The van der Waals surface area contributed by atoms with Crippen molar-refractivity contribution in [3.8, 4) is 0 Å². The molecule has 188 valence electrons. The van der Waals surface area contributed by atoms with E-state index in [1.807, 2.05) is 6.08 Å². The lowest BCUT2D eigenvalue weighted by Gasteiger charge is -2.58. The Balaban J connectivity index is 1.22. The number of oxime groups is 1. The number of ketones is 1. The summed E-state index contributed by atoms with van der Waals surface area (Å²) in [5.74, 6) is 2.84. The van der Waals surface area contributed by atoms with Gasteiger partial charge in [-0.25, -0.2) is 4.79 Å². The minimum absolute atomic E-state index is 0.216. The predicted molar refractivity (Wildman–Crippen MR) is 133 cm³/mol. The predicted octanol–water partition coefficient (Wildman–Crippen LogP) is 5.38. The molecular weight excluding hydrogens is 426 g/mol. The van der Waals surface area contributed by atoms with Crippen molar-refractivity contribution in [3.05, 3.63) is 11.6 Å². The third-order valence-electron chi connectivity index (χ3n) is 10.6. The molecule has 1 unspecified atom stereocenters. The van der Waals surface area contributed by atoms with Gasteiger partial charge in [-0.2, -0.15) is 0 Å². The van der Waals surface area contributed by atoms with E-state index in [4.69, 9.17) is 4.84 Å². The average molecular weight is 470 g/mol. The van der Waals surface area contributed by atoms with Crippen LogP contribution in [0.2, 0.25) is 0 Å². The van der Waals surface area contributed by atoms with E-state index < -0.39 is 6.09 Å². The van der Waals surface area contributed by atoms with Crippen molar-refractivity contribution in [2.45, 2.75) is 97.4 Å². The van der Waals surface area contributed by atoms with Crippen LogP contribution < -0.4 is 10.6 Å². The second-order valence-electron chi connectivity index (χ2n) is 12.3. The number of carbonyl (C=O) groups excluding carboxylic acids is 2. The molecular formula is C28H43N3O3. The number of fused-ring (bicyclic) bond motifs is 5. The Hall–Kier alpha value is -1.69. The van der Waals surface area contributed by atoms with Crippen molar-refractivity contribution in [1.82, 2.24) is 10.6 Å². The Morgan fingerprint density at radius 1 is 1.12 bits per heavy atom. The monoisotopic (exact) mass is 469 g/mol. The number of hydrogen-bond donors (Lipinski definition) is 2.